The van der Waals surface area contributed by atoms with E-state index < -0.39 is 7.12 Å². The van der Waals surface area contributed by atoms with Crippen LogP contribution < -0.4 is 26.6 Å². The van der Waals surface area contributed by atoms with Crippen LogP contribution in [0.4, 0.5) is 0 Å². The maximum absolute atomic E-state index is 9.75. The summed E-state index contributed by atoms with van der Waals surface area (Å²) in [5.41, 5.74) is 8.75. The van der Waals surface area contributed by atoms with Crippen molar-refractivity contribution in [2.24, 2.45) is 0 Å². The van der Waals surface area contributed by atoms with Gasteiger partial charge in [-0.15, -0.1) is 0 Å². The Hall–Kier alpha value is -2.49. The van der Waals surface area contributed by atoms with Gasteiger partial charge in [-0.2, -0.15) is 0 Å². The lowest BCUT2D eigenvalue weighted by atomic mass is 9.30. The maximum atomic E-state index is 9.75. The van der Waals surface area contributed by atoms with Crippen LogP contribution in [-0.4, -0.2) is 23.9 Å². The first kappa shape index (κ1) is 17.6. The average Bonchev–Trinajstić information content (AvgIpc) is 2.65. The molecule has 2 aliphatic rings. The summed E-state index contributed by atoms with van der Waals surface area (Å²) in [6, 6.07) is 16.4. The first-order valence-corrected chi connectivity index (χ1v) is 9.72. The van der Waals surface area contributed by atoms with Gasteiger partial charge in [-0.05, 0) is 59.1 Å². The Morgan fingerprint density at radius 3 is 2.39 bits per heavy atom. The van der Waals surface area contributed by atoms with Crippen LogP contribution in [0, 0.1) is 13.8 Å². The molecule has 0 saturated carbocycles. The van der Waals surface area contributed by atoms with Gasteiger partial charge in [0.25, 0.3) is 6.71 Å². The van der Waals surface area contributed by atoms with Crippen LogP contribution >= 0.6 is 0 Å². The third-order valence-electron chi connectivity index (χ3n) is 6.38. The second-order valence-electron chi connectivity index (χ2n) is 8.59. The van der Waals surface area contributed by atoms with Crippen molar-refractivity contribution in [2.75, 3.05) is 0 Å². The second-order valence-corrected chi connectivity index (χ2v) is 8.59. The fraction of sp³-hybridized carbons (Fsp3) is 0.217. The molecule has 0 fully saturated rings. The third-order valence-corrected chi connectivity index (χ3v) is 6.38. The fourth-order valence-corrected chi connectivity index (χ4v) is 5.16. The second kappa shape index (κ2) is 5.76. The Kier molecular flexibility index (Phi) is 3.62. The van der Waals surface area contributed by atoms with Crippen molar-refractivity contribution in [2.45, 2.75) is 33.1 Å². The van der Waals surface area contributed by atoms with Crippen LogP contribution in [0.3, 0.4) is 0 Å². The molecule has 0 unspecified atom stereocenters. The molecule has 0 aliphatic carbocycles. The molecule has 3 aromatic carbocycles. The van der Waals surface area contributed by atoms with E-state index in [1.165, 1.54) is 33.1 Å². The van der Waals surface area contributed by atoms with E-state index in [0.717, 1.165) is 17.1 Å². The van der Waals surface area contributed by atoms with Gasteiger partial charge in [-0.3, -0.25) is 0 Å². The first-order chi connectivity index (χ1) is 13.3. The molecule has 0 atom stereocenters. The predicted molar refractivity (Wildman–Crippen MR) is 115 cm³/mol. The Morgan fingerprint density at radius 1 is 0.893 bits per heavy atom. The van der Waals surface area contributed by atoms with Crippen molar-refractivity contribution >= 4 is 35.7 Å². The minimum Gasteiger partial charge on any atom is -0.458 e. The van der Waals surface area contributed by atoms with Gasteiger partial charge in [0.05, 0.1) is 0 Å². The van der Waals surface area contributed by atoms with Crippen LogP contribution in [-0.2, 0) is 5.41 Å². The molecule has 28 heavy (non-hydrogen) atoms. The van der Waals surface area contributed by atoms with Gasteiger partial charge >= 0.3 is 7.12 Å². The lowest BCUT2D eigenvalue weighted by Crippen LogP contribution is -2.63. The van der Waals surface area contributed by atoms with Crippen LogP contribution in [0.5, 0.6) is 11.5 Å². The molecule has 2 aliphatic heterocycles. The van der Waals surface area contributed by atoms with Crippen LogP contribution in [0.25, 0.3) is 0 Å². The molecule has 3 aromatic rings. The van der Waals surface area contributed by atoms with Gasteiger partial charge in [-0.1, -0.05) is 61.3 Å². The number of ether oxygens (including phenoxy) is 1. The molecule has 2 heterocycles. The van der Waals surface area contributed by atoms with Crippen molar-refractivity contribution in [3.05, 3.63) is 70.8 Å². The monoisotopic (exact) mass is 368 g/mol. The molecule has 0 bridgehead atoms. The molecule has 0 amide bonds. The first-order valence-electron chi connectivity index (χ1n) is 9.72. The van der Waals surface area contributed by atoms with Crippen molar-refractivity contribution in [1.29, 1.82) is 0 Å². The summed E-state index contributed by atoms with van der Waals surface area (Å²) < 4.78 is 6.32. The molecule has 0 aromatic heterocycles. The van der Waals surface area contributed by atoms with E-state index in [2.05, 4.69) is 64.1 Å². The molecule has 138 valence electrons. The molecular formula is C23H22B2O3. The number of benzene rings is 3. The summed E-state index contributed by atoms with van der Waals surface area (Å²) in [6.45, 7) is 8.76. The average molecular weight is 368 g/mol. The molecule has 0 radical (unpaired) electrons. The molecule has 2 N–H and O–H groups in total. The van der Waals surface area contributed by atoms with E-state index in [1.807, 2.05) is 12.1 Å². The van der Waals surface area contributed by atoms with Crippen molar-refractivity contribution in [3.63, 3.8) is 0 Å². The molecule has 3 nitrogen and oxygen atoms in total. The van der Waals surface area contributed by atoms with Gasteiger partial charge in [0.15, 0.2) is 0 Å². The highest BCUT2D eigenvalue weighted by Gasteiger charge is 2.45. The zero-order valence-electron chi connectivity index (χ0n) is 16.6. The Balaban J connectivity index is 1.89. The minimum atomic E-state index is -1.47. The number of fused-ring (bicyclic) bond motifs is 4. The number of rotatable bonds is 1. The summed E-state index contributed by atoms with van der Waals surface area (Å²) in [6.07, 6.45) is 0. The lowest BCUT2D eigenvalue weighted by Gasteiger charge is -2.42. The van der Waals surface area contributed by atoms with Gasteiger partial charge in [-0.25, -0.2) is 0 Å². The molecule has 5 rings (SSSR count). The summed E-state index contributed by atoms with van der Waals surface area (Å²) in [7, 11) is -1.47. The van der Waals surface area contributed by atoms with Crippen molar-refractivity contribution in [3.8, 4) is 11.5 Å². The predicted octanol–water partition coefficient (Wildman–Crippen LogP) is 1.24. The van der Waals surface area contributed by atoms with E-state index in [9.17, 15) is 10.0 Å². The standard InChI is InChI=1S/C23H22B2O3/c1-13-5-9-19-18(11-13)24-17-8-7-15(25(26)27)12-16(17)23(3,4)21-14(2)6-10-20(28-19)22(21)24/h5-12,26-27H,1-4H3. The molecule has 0 saturated heterocycles. The summed E-state index contributed by atoms with van der Waals surface area (Å²) in [5, 5.41) is 19.5. The van der Waals surface area contributed by atoms with Crippen LogP contribution in [0.1, 0.15) is 36.1 Å². The van der Waals surface area contributed by atoms with Gasteiger partial charge < -0.3 is 14.8 Å². The Morgan fingerprint density at radius 2 is 1.64 bits per heavy atom. The normalized spacial score (nSPS) is 15.3. The third kappa shape index (κ3) is 2.27. The quantitative estimate of drug-likeness (QED) is 0.498. The largest absolute Gasteiger partial charge is 0.488 e. The SMILES string of the molecule is Cc1ccc2c(c1)B1c3ccc(B(O)O)cc3C(C)(C)c3c(C)ccc(c31)O2. The Bertz CT molecular complexity index is 1130. The molecule has 0 spiro atoms. The van der Waals surface area contributed by atoms with Crippen LogP contribution in [0.2, 0.25) is 0 Å². The van der Waals surface area contributed by atoms with E-state index in [4.69, 9.17) is 4.74 Å². The lowest BCUT2D eigenvalue weighted by molar-refractivity contribution is 0.425. The van der Waals surface area contributed by atoms with Crippen LogP contribution in [0.15, 0.2) is 48.5 Å². The van der Waals surface area contributed by atoms with E-state index in [0.29, 0.717) is 5.46 Å². The highest BCUT2D eigenvalue weighted by molar-refractivity contribution is 6.98. The summed E-state index contributed by atoms with van der Waals surface area (Å²) in [4.78, 5) is 0. The molecule has 5 heteroatoms. The highest BCUT2D eigenvalue weighted by atomic mass is 16.5. The topological polar surface area (TPSA) is 49.7 Å². The Labute approximate surface area is 166 Å². The van der Waals surface area contributed by atoms with Gasteiger partial charge in [0, 0.05) is 5.41 Å². The van der Waals surface area contributed by atoms with E-state index >= 15 is 0 Å². The van der Waals surface area contributed by atoms with Gasteiger partial charge in [0.1, 0.15) is 11.5 Å². The van der Waals surface area contributed by atoms with E-state index in [-0.39, 0.29) is 12.1 Å². The minimum absolute atomic E-state index is 0.0847. The van der Waals surface area contributed by atoms with Gasteiger partial charge in [0.2, 0.25) is 0 Å². The smallest absolute Gasteiger partial charge is 0.458 e. The maximum Gasteiger partial charge on any atom is 0.488 e. The summed E-state index contributed by atoms with van der Waals surface area (Å²) in [5.74, 6) is 1.82. The highest BCUT2D eigenvalue weighted by Crippen LogP contribution is 2.39. The fourth-order valence-electron chi connectivity index (χ4n) is 5.16. The number of hydrogen-bond donors (Lipinski definition) is 2. The molecular weight excluding hydrogens is 346 g/mol. The van der Waals surface area contributed by atoms with Crippen molar-refractivity contribution < 1.29 is 14.8 Å². The summed E-state index contributed by atoms with van der Waals surface area (Å²) >= 11 is 0. The number of hydrogen-bond acceptors (Lipinski definition) is 3. The zero-order valence-corrected chi connectivity index (χ0v) is 16.6. The van der Waals surface area contributed by atoms with E-state index in [1.54, 1.807) is 0 Å². The zero-order chi connectivity index (χ0) is 19.8. The van der Waals surface area contributed by atoms with Crippen molar-refractivity contribution in [1.82, 2.24) is 0 Å². The number of aryl methyl sites for hydroxylation is 2.